The van der Waals surface area contributed by atoms with E-state index < -0.39 is 0 Å². The largest absolute Gasteiger partial charge is 0.497 e. The highest BCUT2D eigenvalue weighted by atomic mass is 16.5. The Morgan fingerprint density at radius 2 is 2.17 bits per heavy atom. The predicted molar refractivity (Wildman–Crippen MR) is 90.0 cm³/mol. The molecular weight excluding hydrogens is 308 g/mol. The predicted octanol–water partition coefficient (Wildman–Crippen LogP) is 1.73. The van der Waals surface area contributed by atoms with Crippen LogP contribution in [-0.2, 0) is 16.6 Å². The lowest BCUT2D eigenvalue weighted by Gasteiger charge is -2.17. The second kappa shape index (κ2) is 6.35. The standard InChI is InChI=1S/C17H20N4O3/c1-11-7-15(20(2)19-11)18-17(23)12-8-16(22)21(10-12)13-5-4-6-14(9-13)24-3/h4-7,9,12H,8,10H2,1-3H3,(H,18,23)/t12-/m0/s1. The number of nitrogens with one attached hydrogen (secondary N) is 1. The molecule has 1 fully saturated rings. The van der Waals surface area contributed by atoms with Crippen LogP contribution in [0.25, 0.3) is 0 Å². The molecule has 1 saturated heterocycles. The number of hydrogen-bond acceptors (Lipinski definition) is 4. The summed E-state index contributed by atoms with van der Waals surface area (Å²) in [7, 11) is 3.35. The number of anilines is 2. The number of amides is 2. The fourth-order valence-corrected chi connectivity index (χ4v) is 2.87. The van der Waals surface area contributed by atoms with E-state index in [9.17, 15) is 9.59 Å². The van der Waals surface area contributed by atoms with E-state index in [1.165, 1.54) is 0 Å². The Labute approximate surface area is 140 Å². The summed E-state index contributed by atoms with van der Waals surface area (Å²) in [5.41, 5.74) is 1.57. The summed E-state index contributed by atoms with van der Waals surface area (Å²) in [6.07, 6.45) is 0.194. The van der Waals surface area contributed by atoms with E-state index in [2.05, 4.69) is 10.4 Å². The smallest absolute Gasteiger partial charge is 0.230 e. The number of ether oxygens (including phenoxy) is 1. The van der Waals surface area contributed by atoms with Crippen molar-refractivity contribution in [2.24, 2.45) is 13.0 Å². The molecule has 24 heavy (non-hydrogen) atoms. The molecule has 1 atom stereocenters. The van der Waals surface area contributed by atoms with Crippen molar-refractivity contribution >= 4 is 23.3 Å². The van der Waals surface area contributed by atoms with E-state index in [-0.39, 0.29) is 24.2 Å². The van der Waals surface area contributed by atoms with Gasteiger partial charge in [-0.25, -0.2) is 0 Å². The molecule has 0 saturated carbocycles. The molecular formula is C17H20N4O3. The Hall–Kier alpha value is -2.83. The molecule has 1 aliphatic heterocycles. The van der Waals surface area contributed by atoms with Gasteiger partial charge in [0.25, 0.3) is 0 Å². The van der Waals surface area contributed by atoms with Gasteiger partial charge < -0.3 is 15.0 Å². The maximum atomic E-state index is 12.5. The van der Waals surface area contributed by atoms with Crippen LogP contribution in [0.3, 0.4) is 0 Å². The van der Waals surface area contributed by atoms with Gasteiger partial charge in [-0.05, 0) is 19.1 Å². The molecule has 7 heteroatoms. The summed E-state index contributed by atoms with van der Waals surface area (Å²) in [5, 5.41) is 7.04. The fourth-order valence-electron chi connectivity index (χ4n) is 2.87. The zero-order chi connectivity index (χ0) is 17.3. The minimum atomic E-state index is -0.390. The maximum Gasteiger partial charge on any atom is 0.230 e. The van der Waals surface area contributed by atoms with Crippen molar-refractivity contribution in [3.8, 4) is 5.75 Å². The van der Waals surface area contributed by atoms with Crippen LogP contribution in [0.5, 0.6) is 5.75 Å². The van der Waals surface area contributed by atoms with Crippen molar-refractivity contribution in [1.29, 1.82) is 0 Å². The number of aromatic nitrogens is 2. The number of carbonyl (C=O) groups excluding carboxylic acids is 2. The van der Waals surface area contributed by atoms with E-state index in [0.717, 1.165) is 11.4 Å². The maximum absolute atomic E-state index is 12.5. The Balaban J connectivity index is 1.72. The molecule has 0 unspecified atom stereocenters. The monoisotopic (exact) mass is 328 g/mol. The van der Waals surface area contributed by atoms with Crippen molar-refractivity contribution in [2.75, 3.05) is 23.9 Å². The lowest BCUT2D eigenvalue weighted by molar-refractivity contribution is -0.122. The highest BCUT2D eigenvalue weighted by molar-refractivity contribution is 6.03. The Bertz CT molecular complexity index is 784. The quantitative estimate of drug-likeness (QED) is 0.927. The van der Waals surface area contributed by atoms with Crippen LogP contribution in [0.1, 0.15) is 12.1 Å². The van der Waals surface area contributed by atoms with Crippen molar-refractivity contribution in [2.45, 2.75) is 13.3 Å². The first kappa shape index (κ1) is 16.0. The number of benzene rings is 1. The topological polar surface area (TPSA) is 76.5 Å². The lowest BCUT2D eigenvalue weighted by Crippen LogP contribution is -2.28. The van der Waals surface area contributed by atoms with E-state index in [4.69, 9.17) is 4.74 Å². The van der Waals surface area contributed by atoms with Gasteiger partial charge in [-0.3, -0.25) is 14.3 Å². The van der Waals surface area contributed by atoms with Crippen molar-refractivity contribution in [3.63, 3.8) is 0 Å². The van der Waals surface area contributed by atoms with Gasteiger partial charge in [0.2, 0.25) is 11.8 Å². The first-order valence-corrected chi connectivity index (χ1v) is 7.74. The minimum absolute atomic E-state index is 0.0652. The zero-order valence-corrected chi connectivity index (χ0v) is 13.9. The number of aryl methyl sites for hydroxylation is 2. The van der Waals surface area contributed by atoms with Gasteiger partial charge in [-0.2, -0.15) is 5.10 Å². The van der Waals surface area contributed by atoms with Crippen molar-refractivity contribution in [1.82, 2.24) is 9.78 Å². The average Bonchev–Trinajstić information content (AvgIpc) is 3.10. The van der Waals surface area contributed by atoms with E-state index >= 15 is 0 Å². The second-order valence-corrected chi connectivity index (χ2v) is 5.89. The van der Waals surface area contributed by atoms with Crippen LogP contribution < -0.4 is 15.0 Å². The molecule has 0 aliphatic carbocycles. The summed E-state index contributed by atoms with van der Waals surface area (Å²) in [4.78, 5) is 26.4. The van der Waals surface area contributed by atoms with Crippen LogP contribution in [-0.4, -0.2) is 35.2 Å². The number of nitrogens with zero attached hydrogens (tertiary/aromatic N) is 3. The molecule has 1 aliphatic rings. The first-order valence-electron chi connectivity index (χ1n) is 7.74. The molecule has 0 bridgehead atoms. The number of methoxy groups -OCH3 is 1. The third-order valence-electron chi connectivity index (χ3n) is 4.11. The Morgan fingerprint density at radius 3 is 2.83 bits per heavy atom. The molecule has 3 rings (SSSR count). The molecule has 1 aromatic carbocycles. The van der Waals surface area contributed by atoms with Crippen LogP contribution in [0.15, 0.2) is 30.3 Å². The van der Waals surface area contributed by atoms with Gasteiger partial charge in [-0.15, -0.1) is 0 Å². The van der Waals surface area contributed by atoms with Crippen LogP contribution in [0.2, 0.25) is 0 Å². The van der Waals surface area contributed by atoms with Crippen molar-refractivity contribution in [3.05, 3.63) is 36.0 Å². The first-order chi connectivity index (χ1) is 11.5. The third-order valence-corrected chi connectivity index (χ3v) is 4.11. The van der Waals surface area contributed by atoms with Gasteiger partial charge in [0.1, 0.15) is 11.6 Å². The van der Waals surface area contributed by atoms with E-state index in [0.29, 0.717) is 18.1 Å². The molecule has 2 aromatic rings. The van der Waals surface area contributed by atoms with E-state index in [1.54, 1.807) is 35.9 Å². The zero-order valence-electron chi connectivity index (χ0n) is 13.9. The van der Waals surface area contributed by atoms with Gasteiger partial charge in [0.05, 0.1) is 18.7 Å². The number of hydrogen-bond donors (Lipinski definition) is 1. The van der Waals surface area contributed by atoms with Crippen LogP contribution in [0.4, 0.5) is 11.5 Å². The fraction of sp³-hybridized carbons (Fsp3) is 0.353. The third kappa shape index (κ3) is 3.10. The summed E-state index contributed by atoms with van der Waals surface area (Å²) < 4.78 is 6.81. The molecule has 2 heterocycles. The van der Waals surface area contributed by atoms with Gasteiger partial charge in [-0.1, -0.05) is 6.07 Å². The molecule has 1 N–H and O–H groups in total. The summed E-state index contributed by atoms with van der Waals surface area (Å²) in [5.74, 6) is 0.684. The summed E-state index contributed by atoms with van der Waals surface area (Å²) >= 11 is 0. The number of rotatable bonds is 4. The summed E-state index contributed by atoms with van der Waals surface area (Å²) in [6.45, 7) is 2.22. The minimum Gasteiger partial charge on any atom is -0.497 e. The van der Waals surface area contributed by atoms with Crippen LogP contribution in [0, 0.1) is 12.8 Å². The van der Waals surface area contributed by atoms with Gasteiger partial charge >= 0.3 is 0 Å². The SMILES string of the molecule is COc1cccc(N2C[C@@H](C(=O)Nc3cc(C)nn3C)CC2=O)c1. The highest BCUT2D eigenvalue weighted by Gasteiger charge is 2.35. The molecule has 1 aromatic heterocycles. The molecule has 0 radical (unpaired) electrons. The average molecular weight is 328 g/mol. The van der Waals surface area contributed by atoms with Crippen LogP contribution >= 0.6 is 0 Å². The normalized spacial score (nSPS) is 17.2. The van der Waals surface area contributed by atoms with Gasteiger partial charge in [0.15, 0.2) is 0 Å². The molecule has 126 valence electrons. The molecule has 0 spiro atoms. The van der Waals surface area contributed by atoms with E-state index in [1.807, 2.05) is 25.1 Å². The summed E-state index contributed by atoms with van der Waals surface area (Å²) in [6, 6.07) is 9.08. The van der Waals surface area contributed by atoms with Gasteiger partial charge in [0, 0.05) is 37.8 Å². The molecule has 2 amide bonds. The number of carbonyl (C=O) groups is 2. The lowest BCUT2D eigenvalue weighted by atomic mass is 10.1. The second-order valence-electron chi connectivity index (χ2n) is 5.89. The Morgan fingerprint density at radius 1 is 1.38 bits per heavy atom. The molecule has 7 nitrogen and oxygen atoms in total. The highest BCUT2D eigenvalue weighted by Crippen LogP contribution is 2.28. The van der Waals surface area contributed by atoms with Crippen molar-refractivity contribution < 1.29 is 14.3 Å². The Kier molecular flexibility index (Phi) is 4.24.